The Morgan fingerprint density at radius 3 is 2.51 bits per heavy atom. The number of carbonyl (C=O) groups is 1. The van der Waals surface area contributed by atoms with E-state index in [9.17, 15) is 14.0 Å². The molecule has 0 fully saturated rings. The number of carbonyl (C=O) groups excluding carboxylic acids is 1. The fraction of sp³-hybridized carbons (Fsp3) is 0.242. The lowest BCUT2D eigenvalue weighted by Gasteiger charge is -2.26. The molecule has 0 bridgehead atoms. The highest BCUT2D eigenvalue weighted by molar-refractivity contribution is 7.07. The number of ether oxygens (including phenoxy) is 3. The highest BCUT2D eigenvalue weighted by Gasteiger charge is 2.35. The standard InChI is InChI=1S/C33H30ClFN2O5S/c1-4-16-41-27-15-10-23(34)18-26(27)30-29(32(39)40-5-2)20(3)36-33-37(30)31(38)28(43-33)17-21-8-13-25(14-9-21)42-19-22-6-11-24(35)12-7-22/h6-15,17-18,30H,4-5,16,19H2,1-3H3. The van der Waals surface area contributed by atoms with E-state index in [1.807, 2.05) is 31.2 Å². The molecule has 0 spiro atoms. The number of aromatic nitrogens is 1. The van der Waals surface area contributed by atoms with Gasteiger partial charge in [-0.3, -0.25) is 9.36 Å². The largest absolute Gasteiger partial charge is 0.493 e. The van der Waals surface area contributed by atoms with Gasteiger partial charge >= 0.3 is 5.97 Å². The Morgan fingerprint density at radius 2 is 1.81 bits per heavy atom. The first kappa shape index (κ1) is 30.3. The summed E-state index contributed by atoms with van der Waals surface area (Å²) in [5.41, 5.74) is 2.62. The van der Waals surface area contributed by atoms with E-state index in [1.54, 1.807) is 50.3 Å². The van der Waals surface area contributed by atoms with E-state index in [-0.39, 0.29) is 23.6 Å². The Labute approximate surface area is 257 Å². The molecule has 0 saturated heterocycles. The van der Waals surface area contributed by atoms with Crippen LogP contribution in [0, 0.1) is 5.82 Å². The van der Waals surface area contributed by atoms with Crippen molar-refractivity contribution in [3.8, 4) is 11.5 Å². The minimum atomic E-state index is -0.842. The molecule has 5 rings (SSSR count). The van der Waals surface area contributed by atoms with E-state index in [4.69, 9.17) is 25.8 Å². The molecule has 0 saturated carbocycles. The van der Waals surface area contributed by atoms with Gasteiger partial charge in [0.25, 0.3) is 5.56 Å². The summed E-state index contributed by atoms with van der Waals surface area (Å²) in [4.78, 5) is 32.3. The second kappa shape index (κ2) is 13.4. The van der Waals surface area contributed by atoms with Gasteiger partial charge in [0, 0.05) is 10.6 Å². The number of nitrogens with zero attached hydrogens (tertiary/aromatic N) is 2. The van der Waals surface area contributed by atoms with Crippen molar-refractivity contribution in [2.24, 2.45) is 4.99 Å². The van der Waals surface area contributed by atoms with Crippen LogP contribution in [0.5, 0.6) is 11.5 Å². The molecule has 1 unspecified atom stereocenters. The number of hydrogen-bond acceptors (Lipinski definition) is 7. The van der Waals surface area contributed by atoms with Crippen LogP contribution in [0.4, 0.5) is 4.39 Å². The molecule has 0 N–H and O–H groups in total. The fourth-order valence-electron chi connectivity index (χ4n) is 4.72. The van der Waals surface area contributed by atoms with E-state index in [0.29, 0.717) is 50.3 Å². The van der Waals surface area contributed by atoms with Crippen molar-refractivity contribution in [1.29, 1.82) is 0 Å². The zero-order valence-corrected chi connectivity index (χ0v) is 25.5. The summed E-state index contributed by atoms with van der Waals surface area (Å²) < 4.78 is 32.4. The smallest absolute Gasteiger partial charge is 0.338 e. The second-order valence-corrected chi connectivity index (χ2v) is 11.3. The number of hydrogen-bond donors (Lipinski definition) is 0. The lowest BCUT2D eigenvalue weighted by atomic mass is 9.95. The average Bonchev–Trinajstić information content (AvgIpc) is 3.30. The number of benzene rings is 3. The van der Waals surface area contributed by atoms with Crippen LogP contribution in [0.25, 0.3) is 6.08 Å². The number of rotatable bonds is 10. The predicted molar refractivity (Wildman–Crippen MR) is 165 cm³/mol. The topological polar surface area (TPSA) is 79.1 Å². The lowest BCUT2D eigenvalue weighted by molar-refractivity contribution is -0.139. The molecule has 0 aliphatic carbocycles. The SMILES string of the molecule is CCCOc1ccc(Cl)cc1C1C(C(=O)OCC)=C(C)N=c2sc(=Cc3ccc(OCc4ccc(F)cc4)cc3)c(=O)n21. The molecule has 1 aliphatic rings. The van der Waals surface area contributed by atoms with Gasteiger partial charge in [-0.2, -0.15) is 0 Å². The van der Waals surface area contributed by atoms with Crippen molar-refractivity contribution >= 4 is 35.0 Å². The van der Waals surface area contributed by atoms with E-state index in [1.165, 1.54) is 28.0 Å². The van der Waals surface area contributed by atoms with Gasteiger partial charge in [0.15, 0.2) is 4.80 Å². The quantitative estimate of drug-likeness (QED) is 0.205. The molecule has 7 nitrogen and oxygen atoms in total. The summed E-state index contributed by atoms with van der Waals surface area (Å²) in [7, 11) is 0. The monoisotopic (exact) mass is 620 g/mol. The van der Waals surface area contributed by atoms with E-state index in [0.717, 1.165) is 17.5 Å². The predicted octanol–water partition coefficient (Wildman–Crippen LogP) is 5.96. The third kappa shape index (κ3) is 6.73. The third-order valence-corrected chi connectivity index (χ3v) is 7.96. The highest BCUT2D eigenvalue weighted by atomic mass is 35.5. The Hall–Kier alpha value is -4.21. The summed E-state index contributed by atoms with van der Waals surface area (Å²) in [6, 6.07) is 17.8. The highest BCUT2D eigenvalue weighted by Crippen LogP contribution is 2.37. The molecule has 3 aromatic carbocycles. The van der Waals surface area contributed by atoms with E-state index >= 15 is 0 Å². The van der Waals surface area contributed by atoms with Crippen LogP contribution >= 0.6 is 22.9 Å². The maximum Gasteiger partial charge on any atom is 0.338 e. The molecule has 1 aliphatic heterocycles. The first-order valence-corrected chi connectivity index (χ1v) is 15.1. The van der Waals surface area contributed by atoms with Crippen molar-refractivity contribution in [1.82, 2.24) is 4.57 Å². The van der Waals surface area contributed by atoms with Crippen molar-refractivity contribution in [2.45, 2.75) is 39.8 Å². The van der Waals surface area contributed by atoms with Crippen molar-refractivity contribution < 1.29 is 23.4 Å². The first-order valence-electron chi connectivity index (χ1n) is 13.9. The van der Waals surface area contributed by atoms with Crippen LogP contribution in [0.2, 0.25) is 5.02 Å². The van der Waals surface area contributed by atoms with Crippen LogP contribution in [-0.2, 0) is 16.1 Å². The molecule has 222 valence electrons. The molecular weight excluding hydrogens is 591 g/mol. The number of thiazole rings is 1. The molecule has 4 aromatic rings. The molecule has 0 radical (unpaired) electrons. The van der Waals surface area contributed by atoms with Gasteiger partial charge in [-0.1, -0.05) is 54.1 Å². The van der Waals surface area contributed by atoms with Crippen molar-refractivity contribution in [3.05, 3.63) is 125 Å². The van der Waals surface area contributed by atoms with Gasteiger partial charge in [-0.25, -0.2) is 14.2 Å². The lowest BCUT2D eigenvalue weighted by Crippen LogP contribution is -2.40. The van der Waals surface area contributed by atoms with Crippen molar-refractivity contribution in [2.75, 3.05) is 13.2 Å². The second-order valence-electron chi connectivity index (χ2n) is 9.82. The van der Waals surface area contributed by atoms with Crippen LogP contribution in [0.1, 0.15) is 49.9 Å². The number of halogens is 2. The first-order chi connectivity index (χ1) is 20.8. The summed E-state index contributed by atoms with van der Waals surface area (Å²) in [5, 5.41) is 0.445. The normalized spacial score (nSPS) is 14.7. The average molecular weight is 621 g/mol. The Kier molecular flexibility index (Phi) is 9.43. The molecule has 1 aromatic heterocycles. The minimum absolute atomic E-state index is 0.172. The van der Waals surface area contributed by atoms with Crippen molar-refractivity contribution in [3.63, 3.8) is 0 Å². The van der Waals surface area contributed by atoms with Crippen LogP contribution in [0.3, 0.4) is 0 Å². The maximum absolute atomic E-state index is 14.0. The Bertz CT molecular complexity index is 1850. The zero-order chi connectivity index (χ0) is 30.5. The maximum atomic E-state index is 14.0. The minimum Gasteiger partial charge on any atom is -0.493 e. The molecule has 1 atom stereocenters. The van der Waals surface area contributed by atoms with Gasteiger partial charge in [0.1, 0.15) is 30.0 Å². The fourth-order valence-corrected chi connectivity index (χ4v) is 5.95. The summed E-state index contributed by atoms with van der Waals surface area (Å²) in [5.74, 6) is 0.312. The number of fused-ring (bicyclic) bond motifs is 1. The van der Waals surface area contributed by atoms with Gasteiger partial charge in [-0.05, 0) is 79.9 Å². The van der Waals surface area contributed by atoms with Gasteiger partial charge in [0.05, 0.1) is 29.0 Å². The molecule has 43 heavy (non-hydrogen) atoms. The molecule has 2 heterocycles. The Balaban J connectivity index is 1.54. The zero-order valence-electron chi connectivity index (χ0n) is 23.9. The van der Waals surface area contributed by atoms with Gasteiger partial charge in [0.2, 0.25) is 0 Å². The summed E-state index contributed by atoms with van der Waals surface area (Å²) >= 11 is 7.66. The summed E-state index contributed by atoms with van der Waals surface area (Å²) in [6.07, 6.45) is 2.56. The van der Waals surface area contributed by atoms with Gasteiger partial charge in [-0.15, -0.1) is 0 Å². The van der Waals surface area contributed by atoms with E-state index in [2.05, 4.69) is 4.99 Å². The molecule has 10 heteroatoms. The number of esters is 1. The van der Waals surface area contributed by atoms with Crippen LogP contribution in [0.15, 0.2) is 87.8 Å². The molecule has 0 amide bonds. The van der Waals surface area contributed by atoms with Crippen LogP contribution < -0.4 is 24.4 Å². The third-order valence-electron chi connectivity index (χ3n) is 6.74. The van der Waals surface area contributed by atoms with Gasteiger partial charge < -0.3 is 14.2 Å². The summed E-state index contributed by atoms with van der Waals surface area (Å²) in [6.45, 7) is 6.39. The molecular formula is C33H30ClFN2O5S. The van der Waals surface area contributed by atoms with E-state index < -0.39 is 12.0 Å². The van der Waals surface area contributed by atoms with Crippen LogP contribution in [-0.4, -0.2) is 23.8 Å². The number of allylic oxidation sites excluding steroid dienone is 1. The Morgan fingerprint density at radius 1 is 1.07 bits per heavy atom.